The van der Waals surface area contributed by atoms with Crippen LogP contribution in [0.15, 0.2) is 147 Å². The van der Waals surface area contributed by atoms with Crippen LogP contribution in [0.1, 0.15) is 50.7 Å². The van der Waals surface area contributed by atoms with E-state index in [9.17, 15) is 0 Å². The van der Waals surface area contributed by atoms with E-state index in [4.69, 9.17) is 28.2 Å². The van der Waals surface area contributed by atoms with Crippen LogP contribution >= 0.6 is 0 Å². The van der Waals surface area contributed by atoms with Crippen molar-refractivity contribution >= 4 is 50.4 Å². The zero-order chi connectivity index (χ0) is 36.4. The van der Waals surface area contributed by atoms with Gasteiger partial charge in [-0.2, -0.15) is 0 Å². The lowest BCUT2D eigenvalue weighted by atomic mass is 10.1. The predicted octanol–water partition coefficient (Wildman–Crippen LogP) is 13.3. The van der Waals surface area contributed by atoms with E-state index >= 15 is 0 Å². The SMILES string of the molecule is CCCCc1ccc2oc(-c3ccc(N(c4ccc(-c5nc6ccccc6o5)cc4)c4ccc(-c5nc6cc(CCCC)ccc6o5)cc4)cc3)nc2c1. The summed E-state index contributed by atoms with van der Waals surface area (Å²) in [5.74, 6) is 1.81. The molecule has 0 radical (unpaired) electrons. The number of oxazole rings is 3. The lowest BCUT2D eigenvalue weighted by molar-refractivity contribution is 0.619. The third-order valence-corrected chi connectivity index (χ3v) is 9.95. The van der Waals surface area contributed by atoms with Gasteiger partial charge in [-0.05, 0) is 146 Å². The van der Waals surface area contributed by atoms with Crippen LogP contribution in [-0.2, 0) is 12.8 Å². The van der Waals surface area contributed by atoms with Gasteiger partial charge in [0.25, 0.3) is 0 Å². The molecule has 7 nitrogen and oxygen atoms in total. The molecule has 0 saturated heterocycles. The second kappa shape index (κ2) is 14.5. The van der Waals surface area contributed by atoms with Crippen molar-refractivity contribution in [1.29, 1.82) is 0 Å². The van der Waals surface area contributed by atoms with Crippen molar-refractivity contribution in [2.24, 2.45) is 0 Å². The molecule has 0 N–H and O–H groups in total. The average molecular weight is 709 g/mol. The lowest BCUT2D eigenvalue weighted by Crippen LogP contribution is -2.09. The number of benzene rings is 6. The fourth-order valence-electron chi connectivity index (χ4n) is 6.97. The molecule has 7 heteroatoms. The third-order valence-electron chi connectivity index (χ3n) is 9.95. The summed E-state index contributed by atoms with van der Waals surface area (Å²) in [4.78, 5) is 16.6. The molecule has 0 unspecified atom stereocenters. The molecule has 266 valence electrons. The molecule has 0 fully saturated rings. The van der Waals surface area contributed by atoms with E-state index in [1.165, 1.54) is 11.1 Å². The Labute approximate surface area is 313 Å². The van der Waals surface area contributed by atoms with Gasteiger partial charge in [-0.15, -0.1) is 0 Å². The number of unbranched alkanes of at least 4 members (excludes halogenated alkanes) is 2. The molecule has 9 aromatic rings. The number of hydrogen-bond acceptors (Lipinski definition) is 7. The molecule has 6 aromatic carbocycles. The summed E-state index contributed by atoms with van der Waals surface area (Å²) in [5.41, 5.74) is 13.3. The highest BCUT2D eigenvalue weighted by Crippen LogP contribution is 2.38. The van der Waals surface area contributed by atoms with Crippen molar-refractivity contribution in [2.75, 3.05) is 4.90 Å². The molecule has 3 heterocycles. The lowest BCUT2D eigenvalue weighted by Gasteiger charge is -2.26. The summed E-state index contributed by atoms with van der Waals surface area (Å²) < 4.78 is 18.5. The molecule has 0 aliphatic heterocycles. The summed E-state index contributed by atoms with van der Waals surface area (Å²) in [6.45, 7) is 4.43. The first kappa shape index (κ1) is 33.4. The van der Waals surface area contributed by atoms with E-state index < -0.39 is 0 Å². The molecule has 0 aliphatic rings. The van der Waals surface area contributed by atoms with Crippen LogP contribution in [0.2, 0.25) is 0 Å². The van der Waals surface area contributed by atoms with Crippen LogP contribution < -0.4 is 4.90 Å². The van der Waals surface area contributed by atoms with Gasteiger partial charge in [0.2, 0.25) is 17.7 Å². The molecule has 54 heavy (non-hydrogen) atoms. The number of rotatable bonds is 12. The van der Waals surface area contributed by atoms with E-state index in [0.29, 0.717) is 17.7 Å². The van der Waals surface area contributed by atoms with Crippen molar-refractivity contribution in [3.63, 3.8) is 0 Å². The van der Waals surface area contributed by atoms with Crippen LogP contribution in [0.4, 0.5) is 17.1 Å². The van der Waals surface area contributed by atoms with E-state index in [1.807, 2.05) is 36.4 Å². The first-order valence-electron chi connectivity index (χ1n) is 18.9. The fraction of sp³-hybridized carbons (Fsp3) is 0.170. The summed E-state index contributed by atoms with van der Waals surface area (Å²) in [7, 11) is 0. The van der Waals surface area contributed by atoms with Crippen molar-refractivity contribution in [3.8, 4) is 34.4 Å². The highest BCUT2D eigenvalue weighted by atomic mass is 16.4. The van der Waals surface area contributed by atoms with Crippen LogP contribution in [0.5, 0.6) is 0 Å². The number of aryl methyl sites for hydroxylation is 2. The minimum absolute atomic E-state index is 0.592. The van der Waals surface area contributed by atoms with Gasteiger partial charge in [-0.25, -0.2) is 15.0 Å². The van der Waals surface area contributed by atoms with Gasteiger partial charge in [0.15, 0.2) is 16.7 Å². The smallest absolute Gasteiger partial charge is 0.227 e. The minimum Gasteiger partial charge on any atom is -0.436 e. The molecule has 0 spiro atoms. The van der Waals surface area contributed by atoms with E-state index in [0.717, 1.165) is 106 Å². The van der Waals surface area contributed by atoms with E-state index in [1.54, 1.807) is 0 Å². The van der Waals surface area contributed by atoms with Gasteiger partial charge in [0.1, 0.15) is 16.6 Å². The normalized spacial score (nSPS) is 11.6. The number of aromatic nitrogens is 3. The molecule has 9 rings (SSSR count). The van der Waals surface area contributed by atoms with Crippen molar-refractivity contribution in [3.05, 3.63) is 145 Å². The predicted molar refractivity (Wildman–Crippen MR) is 217 cm³/mol. The highest BCUT2D eigenvalue weighted by Gasteiger charge is 2.17. The van der Waals surface area contributed by atoms with Gasteiger partial charge >= 0.3 is 0 Å². The first-order valence-corrected chi connectivity index (χ1v) is 18.9. The van der Waals surface area contributed by atoms with Crippen LogP contribution in [0.25, 0.3) is 67.7 Å². The maximum absolute atomic E-state index is 6.21. The van der Waals surface area contributed by atoms with Gasteiger partial charge in [0, 0.05) is 33.8 Å². The molecule has 0 atom stereocenters. The van der Waals surface area contributed by atoms with Crippen molar-refractivity contribution in [1.82, 2.24) is 15.0 Å². The number of hydrogen-bond donors (Lipinski definition) is 0. The third kappa shape index (κ3) is 6.65. The van der Waals surface area contributed by atoms with Crippen molar-refractivity contribution in [2.45, 2.75) is 52.4 Å². The first-order chi connectivity index (χ1) is 26.6. The largest absolute Gasteiger partial charge is 0.436 e. The Bertz CT molecular complexity index is 2520. The Hall–Kier alpha value is -6.47. The summed E-state index contributed by atoms with van der Waals surface area (Å²) >= 11 is 0. The Balaban J connectivity index is 1.04. The van der Waals surface area contributed by atoms with Gasteiger partial charge in [0.05, 0.1) is 0 Å². The fourth-order valence-corrected chi connectivity index (χ4v) is 6.97. The molecule has 3 aromatic heterocycles. The van der Waals surface area contributed by atoms with Gasteiger partial charge in [-0.1, -0.05) is 51.0 Å². The standard InChI is InChI=1S/C47H40N4O3/c1-3-5-9-31-13-27-43-40(29-31)49-46(53-43)34-17-23-37(24-18-34)51(36-21-15-33(16-22-36)45-48-39-11-7-8-12-42(39)52-45)38-25-19-35(20-26-38)47-50-41-30-32(10-6-4-2)14-28-44(41)54-47/h7-8,11-30H,3-6,9-10H2,1-2H3. The zero-order valence-electron chi connectivity index (χ0n) is 30.5. The van der Waals surface area contributed by atoms with Crippen molar-refractivity contribution < 1.29 is 13.3 Å². The van der Waals surface area contributed by atoms with E-state index in [2.05, 4.69) is 116 Å². The molecule has 0 amide bonds. The Morgan fingerprint density at radius 1 is 0.426 bits per heavy atom. The van der Waals surface area contributed by atoms with Gasteiger partial charge in [-0.3, -0.25) is 0 Å². The zero-order valence-corrected chi connectivity index (χ0v) is 30.5. The van der Waals surface area contributed by atoms with Crippen LogP contribution in [0.3, 0.4) is 0 Å². The second-order valence-electron chi connectivity index (χ2n) is 13.8. The topological polar surface area (TPSA) is 81.3 Å². The maximum atomic E-state index is 6.21. The van der Waals surface area contributed by atoms with Crippen LogP contribution in [0, 0.1) is 0 Å². The van der Waals surface area contributed by atoms with Gasteiger partial charge < -0.3 is 18.2 Å². The molecule has 0 saturated carbocycles. The molecular weight excluding hydrogens is 669 g/mol. The number of anilines is 3. The number of nitrogens with zero attached hydrogens (tertiary/aromatic N) is 4. The maximum Gasteiger partial charge on any atom is 0.227 e. The quantitative estimate of drug-likeness (QED) is 0.125. The monoisotopic (exact) mass is 708 g/mol. The Morgan fingerprint density at radius 3 is 1.22 bits per heavy atom. The molecule has 0 aliphatic carbocycles. The number of fused-ring (bicyclic) bond motifs is 3. The summed E-state index contributed by atoms with van der Waals surface area (Å²) in [5, 5.41) is 0. The summed E-state index contributed by atoms with van der Waals surface area (Å²) in [6, 6.07) is 45.5. The minimum atomic E-state index is 0.592. The average Bonchev–Trinajstić information content (AvgIpc) is 3.97. The highest BCUT2D eigenvalue weighted by molar-refractivity contribution is 5.83. The number of para-hydroxylation sites is 2. The van der Waals surface area contributed by atoms with Crippen LogP contribution in [-0.4, -0.2) is 15.0 Å². The second-order valence-corrected chi connectivity index (χ2v) is 13.8. The Morgan fingerprint density at radius 2 is 0.815 bits per heavy atom. The van der Waals surface area contributed by atoms with E-state index in [-0.39, 0.29) is 0 Å². The molecule has 0 bridgehead atoms. The summed E-state index contributed by atoms with van der Waals surface area (Å²) in [6.07, 6.45) is 6.74. The Kier molecular flexibility index (Phi) is 8.97. The molecular formula is C47H40N4O3.